The third kappa shape index (κ3) is 3.41. The number of carbonyl (C=O) groups excluding carboxylic acids is 1. The van der Waals surface area contributed by atoms with Gasteiger partial charge in [0.2, 0.25) is 0 Å². The van der Waals surface area contributed by atoms with Gasteiger partial charge in [-0.25, -0.2) is 4.39 Å². The third-order valence-electron chi connectivity index (χ3n) is 5.82. The Morgan fingerprint density at radius 2 is 2.03 bits per heavy atom. The first kappa shape index (κ1) is 18.3. The summed E-state index contributed by atoms with van der Waals surface area (Å²) >= 11 is 0. The van der Waals surface area contributed by atoms with E-state index >= 15 is 0 Å². The fourth-order valence-electron chi connectivity index (χ4n) is 4.21. The number of benzene rings is 1. The predicted molar refractivity (Wildman–Crippen MR) is 106 cm³/mol. The van der Waals surface area contributed by atoms with E-state index in [4.69, 9.17) is 9.72 Å². The van der Waals surface area contributed by atoms with E-state index in [1.807, 2.05) is 12.1 Å². The van der Waals surface area contributed by atoms with Crippen LogP contribution in [0.4, 0.5) is 10.1 Å². The lowest BCUT2D eigenvalue weighted by atomic mass is 10.0. The number of nitrogens with zero attached hydrogens (tertiary/aromatic N) is 2. The van der Waals surface area contributed by atoms with Crippen molar-refractivity contribution in [3.8, 4) is 0 Å². The largest absolute Gasteiger partial charge is 0.486 e. The summed E-state index contributed by atoms with van der Waals surface area (Å²) in [7, 11) is 0. The Morgan fingerprint density at radius 3 is 2.86 bits per heavy atom. The van der Waals surface area contributed by atoms with Crippen molar-refractivity contribution in [2.45, 2.75) is 32.0 Å². The Bertz CT molecular complexity index is 1010. The molecule has 4 heterocycles. The summed E-state index contributed by atoms with van der Waals surface area (Å²) in [4.78, 5) is 19.6. The molecule has 7 heteroatoms. The van der Waals surface area contributed by atoms with Crippen LogP contribution in [0, 0.1) is 5.82 Å². The predicted octanol–water partition coefficient (Wildman–Crippen LogP) is 2.57. The lowest BCUT2D eigenvalue weighted by Gasteiger charge is -2.29. The second-order valence-corrected chi connectivity index (χ2v) is 7.76. The molecule has 0 unspecified atom stereocenters. The van der Waals surface area contributed by atoms with Gasteiger partial charge in [0.1, 0.15) is 18.2 Å². The number of ether oxygens (including phenoxy) is 1. The van der Waals surface area contributed by atoms with Gasteiger partial charge in [-0.3, -0.25) is 9.78 Å². The number of likely N-dealkylation sites (tertiary alicyclic amines) is 1. The maximum absolute atomic E-state index is 13.7. The van der Waals surface area contributed by atoms with E-state index in [1.54, 1.807) is 6.07 Å². The van der Waals surface area contributed by atoms with Gasteiger partial charge in [-0.05, 0) is 43.2 Å². The summed E-state index contributed by atoms with van der Waals surface area (Å²) < 4.78 is 19.6. The van der Waals surface area contributed by atoms with Gasteiger partial charge in [0.05, 0.1) is 17.4 Å². The quantitative estimate of drug-likeness (QED) is 0.782. The molecule has 150 valence electrons. The minimum atomic E-state index is -0.393. The van der Waals surface area contributed by atoms with Crippen molar-refractivity contribution in [1.82, 2.24) is 9.88 Å². The molecule has 2 aromatic rings. The van der Waals surface area contributed by atoms with Crippen LogP contribution in [0.15, 0.2) is 30.3 Å². The first-order valence-electron chi connectivity index (χ1n) is 9.96. The van der Waals surface area contributed by atoms with Crippen LogP contribution in [0.5, 0.6) is 0 Å². The molecule has 1 aromatic carbocycles. The van der Waals surface area contributed by atoms with Crippen LogP contribution in [0.3, 0.4) is 0 Å². The average molecular weight is 395 g/mol. The van der Waals surface area contributed by atoms with Crippen molar-refractivity contribution in [1.29, 1.82) is 0 Å². The van der Waals surface area contributed by atoms with E-state index in [2.05, 4.69) is 10.2 Å². The highest BCUT2D eigenvalue weighted by atomic mass is 19.1. The summed E-state index contributed by atoms with van der Waals surface area (Å²) in [6.07, 6.45) is 2.31. The van der Waals surface area contributed by atoms with Crippen molar-refractivity contribution in [3.63, 3.8) is 0 Å². The summed E-state index contributed by atoms with van der Waals surface area (Å²) in [5.74, 6) is -0.217. The number of amides is 1. The SMILES string of the molecule is O=C1Nc2ccc(F)cc2/C1=C1\OCc2nc(CCN3CCC(O)CC3)ccc21. The van der Waals surface area contributed by atoms with Gasteiger partial charge in [0.25, 0.3) is 5.91 Å². The van der Waals surface area contributed by atoms with Crippen molar-refractivity contribution in [2.24, 2.45) is 0 Å². The topological polar surface area (TPSA) is 74.7 Å². The second kappa shape index (κ2) is 7.24. The zero-order chi connectivity index (χ0) is 20.0. The Morgan fingerprint density at radius 1 is 1.21 bits per heavy atom. The molecule has 0 bridgehead atoms. The first-order chi connectivity index (χ1) is 14.1. The van der Waals surface area contributed by atoms with Crippen LogP contribution in [0.25, 0.3) is 11.3 Å². The highest BCUT2D eigenvalue weighted by Gasteiger charge is 2.33. The smallest absolute Gasteiger partial charge is 0.260 e. The summed E-state index contributed by atoms with van der Waals surface area (Å²) in [6.45, 7) is 3.03. The van der Waals surface area contributed by atoms with Crippen LogP contribution in [-0.4, -0.2) is 46.6 Å². The zero-order valence-electron chi connectivity index (χ0n) is 15.9. The van der Waals surface area contributed by atoms with Crippen molar-refractivity contribution in [3.05, 3.63) is 58.7 Å². The number of nitrogens with one attached hydrogen (secondary N) is 1. The van der Waals surface area contributed by atoms with Gasteiger partial charge >= 0.3 is 0 Å². The molecule has 3 aliphatic heterocycles. The normalized spacial score (nSPS) is 21.7. The molecule has 1 aromatic heterocycles. The molecule has 1 amide bonds. The van der Waals surface area contributed by atoms with Crippen LogP contribution < -0.4 is 5.32 Å². The van der Waals surface area contributed by atoms with Crippen molar-refractivity contribution in [2.75, 3.05) is 25.0 Å². The number of carbonyl (C=O) groups is 1. The van der Waals surface area contributed by atoms with Gasteiger partial charge in [-0.1, -0.05) is 0 Å². The van der Waals surface area contributed by atoms with Crippen molar-refractivity contribution < 1.29 is 19.0 Å². The number of aromatic nitrogens is 1. The number of anilines is 1. The second-order valence-electron chi connectivity index (χ2n) is 7.76. The molecule has 0 atom stereocenters. The summed E-state index contributed by atoms with van der Waals surface area (Å²) in [6, 6.07) is 8.15. The van der Waals surface area contributed by atoms with Crippen LogP contribution in [0.1, 0.15) is 35.4 Å². The third-order valence-corrected chi connectivity index (χ3v) is 5.82. The molecule has 3 aliphatic rings. The number of aliphatic hydroxyl groups is 1. The zero-order valence-corrected chi connectivity index (χ0v) is 15.9. The van der Waals surface area contributed by atoms with E-state index in [1.165, 1.54) is 12.1 Å². The monoisotopic (exact) mass is 395 g/mol. The molecular weight excluding hydrogens is 373 g/mol. The standard InChI is InChI=1S/C22H22FN3O3/c23-13-1-4-18-17(11-13)20(22(28)25-18)21-16-3-2-14(24-19(16)12-29-21)5-8-26-9-6-15(27)7-10-26/h1-4,11,15,27H,5-10,12H2,(H,25,28)/b21-20+. The molecule has 0 saturated carbocycles. The minimum absolute atomic E-state index is 0.167. The molecule has 0 radical (unpaired) electrons. The van der Waals surface area contributed by atoms with E-state index in [9.17, 15) is 14.3 Å². The first-order valence-corrected chi connectivity index (χ1v) is 9.96. The Labute approximate surface area is 168 Å². The maximum atomic E-state index is 13.7. The molecular formula is C22H22FN3O3. The lowest BCUT2D eigenvalue weighted by Crippen LogP contribution is -2.37. The molecule has 2 N–H and O–H groups in total. The van der Waals surface area contributed by atoms with E-state index in [0.717, 1.165) is 55.8 Å². The Hall–Kier alpha value is -2.77. The molecule has 0 spiro atoms. The van der Waals surface area contributed by atoms with E-state index in [-0.39, 0.29) is 12.0 Å². The summed E-state index contributed by atoms with van der Waals surface area (Å²) in [5, 5.41) is 12.4. The number of aliphatic hydroxyl groups excluding tert-OH is 1. The fourth-order valence-corrected chi connectivity index (χ4v) is 4.21. The van der Waals surface area contributed by atoms with Crippen LogP contribution in [0.2, 0.25) is 0 Å². The minimum Gasteiger partial charge on any atom is -0.486 e. The van der Waals surface area contributed by atoms with Crippen molar-refractivity contribution >= 4 is 22.9 Å². The van der Waals surface area contributed by atoms with Gasteiger partial charge < -0.3 is 20.1 Å². The molecule has 0 aliphatic carbocycles. The average Bonchev–Trinajstić information content (AvgIpc) is 3.26. The molecule has 29 heavy (non-hydrogen) atoms. The number of hydrogen-bond acceptors (Lipinski definition) is 5. The van der Waals surface area contributed by atoms with Gasteiger partial charge in [-0.2, -0.15) is 0 Å². The number of halogens is 1. The fraction of sp³-hybridized carbons (Fsp3) is 0.364. The van der Waals surface area contributed by atoms with Gasteiger partial charge in [0.15, 0.2) is 0 Å². The van der Waals surface area contributed by atoms with Crippen LogP contribution >= 0.6 is 0 Å². The van der Waals surface area contributed by atoms with Gasteiger partial charge in [-0.15, -0.1) is 0 Å². The molecule has 5 rings (SSSR count). The number of hydrogen-bond donors (Lipinski definition) is 2. The number of fused-ring (bicyclic) bond motifs is 2. The van der Waals surface area contributed by atoms with Gasteiger partial charge in [0, 0.05) is 48.6 Å². The molecule has 6 nitrogen and oxygen atoms in total. The highest BCUT2D eigenvalue weighted by Crippen LogP contribution is 2.41. The van der Waals surface area contributed by atoms with E-state index in [0.29, 0.717) is 29.2 Å². The lowest BCUT2D eigenvalue weighted by molar-refractivity contribution is -0.110. The number of pyridine rings is 1. The number of rotatable bonds is 3. The molecule has 1 saturated heterocycles. The Kier molecular flexibility index (Phi) is 4.56. The number of piperidine rings is 1. The molecule has 1 fully saturated rings. The van der Waals surface area contributed by atoms with E-state index < -0.39 is 5.82 Å². The Balaban J connectivity index is 1.38. The van der Waals surface area contributed by atoms with Crippen LogP contribution in [-0.2, 0) is 22.6 Å². The highest BCUT2D eigenvalue weighted by molar-refractivity contribution is 6.36. The maximum Gasteiger partial charge on any atom is 0.260 e. The summed E-state index contributed by atoms with van der Waals surface area (Å²) in [5.41, 5.74) is 4.04.